The Morgan fingerprint density at radius 2 is 1.67 bits per heavy atom. The Kier molecular flexibility index (Phi) is 8.95. The largest absolute Gasteiger partial charge is 0.473 e. The highest BCUT2D eigenvalue weighted by Crippen LogP contribution is 2.19. The van der Waals surface area contributed by atoms with Crippen molar-refractivity contribution in [2.45, 2.75) is 32.9 Å². The first kappa shape index (κ1) is 20.6. The van der Waals surface area contributed by atoms with E-state index in [4.69, 9.17) is 19.8 Å². The van der Waals surface area contributed by atoms with Crippen molar-refractivity contribution in [3.05, 3.63) is 34.3 Å². The average Bonchev–Trinajstić information content (AvgIpc) is 2.57. The number of hydrogen-bond acceptors (Lipinski definition) is 4. The number of piperazine rings is 1. The highest BCUT2D eigenvalue weighted by atomic mass is 79.9. The second-order valence-electron chi connectivity index (χ2n) is 5.77. The molecule has 1 aliphatic rings. The highest BCUT2D eigenvalue weighted by Gasteiger charge is 2.20. The maximum absolute atomic E-state index is 9.10. The summed E-state index contributed by atoms with van der Waals surface area (Å²) in [6, 6.07) is 9.27. The van der Waals surface area contributed by atoms with Gasteiger partial charge >= 0.3 is 11.9 Å². The van der Waals surface area contributed by atoms with Crippen LogP contribution in [0.3, 0.4) is 0 Å². The van der Waals surface area contributed by atoms with Gasteiger partial charge in [-0.15, -0.1) is 0 Å². The minimum Gasteiger partial charge on any atom is -0.473 e. The van der Waals surface area contributed by atoms with Gasteiger partial charge in [0.1, 0.15) is 0 Å². The van der Waals surface area contributed by atoms with Crippen LogP contribution < -0.4 is 0 Å². The summed E-state index contributed by atoms with van der Waals surface area (Å²) in [6.45, 7) is 10.5. The third kappa shape index (κ3) is 6.98. The molecule has 1 aromatic rings. The van der Waals surface area contributed by atoms with Crippen LogP contribution in [0.15, 0.2) is 28.7 Å². The summed E-state index contributed by atoms with van der Waals surface area (Å²) < 4.78 is 1.23. The molecular weight excluding hydrogens is 376 g/mol. The van der Waals surface area contributed by atoms with Crippen molar-refractivity contribution in [3.63, 3.8) is 0 Å². The van der Waals surface area contributed by atoms with Crippen LogP contribution in [0.2, 0.25) is 0 Å². The lowest BCUT2D eigenvalue weighted by Crippen LogP contribution is -2.49. The molecule has 1 aliphatic heterocycles. The number of nitrogens with zero attached hydrogens (tertiary/aromatic N) is 2. The predicted molar refractivity (Wildman–Crippen MR) is 96.0 cm³/mol. The summed E-state index contributed by atoms with van der Waals surface area (Å²) in [5, 5.41) is 14.8. The zero-order valence-corrected chi connectivity index (χ0v) is 15.7. The van der Waals surface area contributed by atoms with Crippen molar-refractivity contribution in [2.75, 3.05) is 26.2 Å². The molecule has 1 unspecified atom stereocenters. The van der Waals surface area contributed by atoms with Gasteiger partial charge in [0.2, 0.25) is 0 Å². The van der Waals surface area contributed by atoms with Crippen LogP contribution in [0, 0.1) is 0 Å². The van der Waals surface area contributed by atoms with Gasteiger partial charge in [0.25, 0.3) is 0 Å². The molecule has 0 bridgehead atoms. The lowest BCUT2D eigenvalue weighted by atomic mass is 10.1. The zero-order valence-electron chi connectivity index (χ0n) is 14.1. The van der Waals surface area contributed by atoms with E-state index in [-0.39, 0.29) is 0 Å². The van der Waals surface area contributed by atoms with Crippen molar-refractivity contribution in [1.82, 2.24) is 9.80 Å². The number of halogens is 1. The molecule has 1 heterocycles. The summed E-state index contributed by atoms with van der Waals surface area (Å²) >= 11 is 3.63. The third-order valence-electron chi connectivity index (χ3n) is 4.16. The first-order valence-electron chi connectivity index (χ1n) is 8.01. The van der Waals surface area contributed by atoms with E-state index in [0.29, 0.717) is 0 Å². The van der Waals surface area contributed by atoms with Gasteiger partial charge in [0.05, 0.1) is 0 Å². The van der Waals surface area contributed by atoms with Gasteiger partial charge in [0.15, 0.2) is 0 Å². The molecule has 1 aromatic carbocycles. The van der Waals surface area contributed by atoms with E-state index >= 15 is 0 Å². The summed E-state index contributed by atoms with van der Waals surface area (Å²) in [5.74, 6) is -3.65. The Bertz CT molecular complexity index is 533. The molecule has 0 aliphatic carbocycles. The van der Waals surface area contributed by atoms with Gasteiger partial charge in [-0.2, -0.15) is 0 Å². The van der Waals surface area contributed by atoms with Crippen LogP contribution in [0.25, 0.3) is 0 Å². The minimum absolute atomic E-state index is 0.732. The second kappa shape index (κ2) is 10.4. The van der Waals surface area contributed by atoms with Crippen LogP contribution in [-0.4, -0.2) is 64.2 Å². The first-order valence-corrected chi connectivity index (χ1v) is 8.80. The molecule has 0 amide bonds. The Morgan fingerprint density at radius 1 is 1.12 bits per heavy atom. The predicted octanol–water partition coefficient (Wildman–Crippen LogP) is 2.52. The van der Waals surface area contributed by atoms with Crippen LogP contribution >= 0.6 is 15.9 Å². The van der Waals surface area contributed by atoms with Crippen LogP contribution in [-0.2, 0) is 16.1 Å². The Morgan fingerprint density at radius 3 is 2.12 bits per heavy atom. The number of carboxylic acids is 2. The maximum atomic E-state index is 9.10. The summed E-state index contributed by atoms with van der Waals surface area (Å²) in [6.07, 6.45) is 1.25. The highest BCUT2D eigenvalue weighted by molar-refractivity contribution is 9.10. The molecule has 0 saturated carbocycles. The maximum Gasteiger partial charge on any atom is 0.414 e. The smallest absolute Gasteiger partial charge is 0.414 e. The molecule has 2 rings (SSSR count). The number of hydrogen-bond donors (Lipinski definition) is 2. The summed E-state index contributed by atoms with van der Waals surface area (Å²) in [5.41, 5.74) is 1.40. The minimum atomic E-state index is -1.82. The van der Waals surface area contributed by atoms with E-state index in [9.17, 15) is 0 Å². The number of carbonyl (C=O) groups is 2. The second-order valence-corrected chi connectivity index (χ2v) is 6.63. The van der Waals surface area contributed by atoms with E-state index in [1.54, 1.807) is 0 Å². The molecule has 0 aromatic heterocycles. The third-order valence-corrected chi connectivity index (χ3v) is 4.93. The van der Waals surface area contributed by atoms with Crippen molar-refractivity contribution in [1.29, 1.82) is 0 Å². The van der Waals surface area contributed by atoms with Gasteiger partial charge in [-0.3, -0.25) is 9.80 Å². The summed E-state index contributed by atoms with van der Waals surface area (Å²) in [4.78, 5) is 23.4. The standard InChI is InChI=1S/C15H23BrN2.C2H2O4/c1-3-13(2)18-10-8-17(9-11-18)12-14-6-4-5-7-15(14)16;3-1(4)2(5)6/h4-7,13H,3,8-12H2,1-2H3;(H,3,4)(H,5,6). The number of aliphatic carboxylic acids is 2. The average molecular weight is 401 g/mol. The van der Waals surface area contributed by atoms with E-state index in [0.717, 1.165) is 12.6 Å². The number of benzene rings is 1. The lowest BCUT2D eigenvalue weighted by molar-refractivity contribution is -0.159. The molecule has 7 heteroatoms. The Balaban J connectivity index is 0.000000413. The molecule has 0 spiro atoms. The molecule has 24 heavy (non-hydrogen) atoms. The fourth-order valence-corrected chi connectivity index (χ4v) is 2.90. The van der Waals surface area contributed by atoms with E-state index in [1.807, 2.05) is 0 Å². The van der Waals surface area contributed by atoms with Crippen molar-refractivity contribution < 1.29 is 19.8 Å². The molecule has 134 valence electrons. The Hall–Kier alpha value is -1.44. The molecular formula is C17H25BrN2O4. The van der Waals surface area contributed by atoms with Gasteiger partial charge < -0.3 is 10.2 Å². The van der Waals surface area contributed by atoms with Crippen LogP contribution in [0.1, 0.15) is 25.8 Å². The van der Waals surface area contributed by atoms with Crippen LogP contribution in [0.4, 0.5) is 0 Å². The summed E-state index contributed by atoms with van der Waals surface area (Å²) in [7, 11) is 0. The molecule has 1 fully saturated rings. The SMILES string of the molecule is CCC(C)N1CCN(Cc2ccccc2Br)CC1.O=C(O)C(=O)O. The first-order chi connectivity index (χ1) is 11.3. The molecule has 6 nitrogen and oxygen atoms in total. The van der Waals surface area contributed by atoms with Crippen molar-refractivity contribution in [3.8, 4) is 0 Å². The fraction of sp³-hybridized carbons (Fsp3) is 0.529. The van der Waals surface area contributed by atoms with Gasteiger partial charge in [-0.1, -0.05) is 41.1 Å². The fourth-order valence-electron chi connectivity index (χ4n) is 2.49. The monoisotopic (exact) mass is 400 g/mol. The molecule has 1 saturated heterocycles. The van der Waals surface area contributed by atoms with Gasteiger partial charge in [-0.25, -0.2) is 9.59 Å². The van der Waals surface area contributed by atoms with Gasteiger partial charge in [-0.05, 0) is 25.0 Å². The molecule has 1 atom stereocenters. The lowest BCUT2D eigenvalue weighted by Gasteiger charge is -2.38. The molecule has 0 radical (unpaired) electrons. The van der Waals surface area contributed by atoms with Gasteiger partial charge in [0, 0.05) is 43.2 Å². The quantitative estimate of drug-likeness (QED) is 0.755. The van der Waals surface area contributed by atoms with Crippen LogP contribution in [0.5, 0.6) is 0 Å². The van der Waals surface area contributed by atoms with E-state index < -0.39 is 11.9 Å². The van der Waals surface area contributed by atoms with Crippen molar-refractivity contribution >= 4 is 27.9 Å². The number of rotatable bonds is 4. The number of carboxylic acid groups (broad SMARTS) is 2. The topological polar surface area (TPSA) is 81.1 Å². The Labute approximate surface area is 151 Å². The zero-order chi connectivity index (χ0) is 18.1. The van der Waals surface area contributed by atoms with Crippen molar-refractivity contribution in [2.24, 2.45) is 0 Å². The normalized spacial score (nSPS) is 16.8. The molecule has 2 N–H and O–H groups in total. The van der Waals surface area contributed by atoms with E-state index in [1.165, 1.54) is 42.6 Å². The van der Waals surface area contributed by atoms with E-state index in [2.05, 4.69) is 63.8 Å².